The molecule has 35 heavy (non-hydrogen) atoms. The van der Waals surface area contributed by atoms with Gasteiger partial charge in [-0.3, -0.25) is 14.2 Å². The average Bonchev–Trinajstić information content (AvgIpc) is 2.91. The second-order valence-corrected chi connectivity index (χ2v) is 10.2. The molecule has 0 bridgehead atoms. The molecular weight excluding hydrogens is 462 g/mol. The van der Waals surface area contributed by atoms with E-state index in [1.807, 2.05) is 30.3 Å². The molecule has 1 aliphatic carbocycles. The molecule has 2 aromatic carbocycles. The van der Waals surface area contributed by atoms with Gasteiger partial charge < -0.3 is 9.64 Å². The Labute approximate surface area is 208 Å². The zero-order valence-corrected chi connectivity index (χ0v) is 20.6. The summed E-state index contributed by atoms with van der Waals surface area (Å²) in [5, 5.41) is 0.833. The smallest absolute Gasteiger partial charge is 0.337 e. The van der Waals surface area contributed by atoms with E-state index in [1.165, 1.54) is 44.6 Å². The zero-order chi connectivity index (χ0) is 24.4. The highest BCUT2D eigenvalue weighted by Gasteiger charge is 2.35. The number of amides is 1. The summed E-state index contributed by atoms with van der Waals surface area (Å²) in [5.74, 6) is 0.441. The van der Waals surface area contributed by atoms with E-state index in [2.05, 4.69) is 4.90 Å². The van der Waals surface area contributed by atoms with E-state index in [4.69, 9.17) is 9.72 Å². The van der Waals surface area contributed by atoms with Gasteiger partial charge in [-0.1, -0.05) is 42.8 Å². The predicted molar refractivity (Wildman–Crippen MR) is 136 cm³/mol. The monoisotopic (exact) mass is 491 g/mol. The minimum atomic E-state index is -0.488. The van der Waals surface area contributed by atoms with Gasteiger partial charge in [0.1, 0.15) is 0 Å². The maximum Gasteiger partial charge on any atom is 0.337 e. The quantitative estimate of drug-likeness (QED) is 0.298. The molecule has 2 fully saturated rings. The molecule has 182 valence electrons. The molecule has 1 aliphatic heterocycles. The summed E-state index contributed by atoms with van der Waals surface area (Å²) >= 11 is 1.28. The van der Waals surface area contributed by atoms with Crippen LogP contribution < -0.4 is 5.56 Å². The van der Waals surface area contributed by atoms with Crippen LogP contribution in [0.3, 0.4) is 0 Å². The molecular formula is C27H29N3O4S. The number of para-hydroxylation sites is 1. The molecule has 7 nitrogen and oxygen atoms in total. The third kappa shape index (κ3) is 4.72. The summed E-state index contributed by atoms with van der Waals surface area (Å²) in [4.78, 5) is 45.7. The first kappa shape index (κ1) is 23.6. The van der Waals surface area contributed by atoms with Gasteiger partial charge in [-0.05, 0) is 61.9 Å². The number of fused-ring (bicyclic) bond motifs is 2. The topological polar surface area (TPSA) is 81.5 Å². The number of benzene rings is 2. The van der Waals surface area contributed by atoms with Crippen LogP contribution >= 0.6 is 11.8 Å². The third-order valence-corrected chi connectivity index (χ3v) is 8.09. The van der Waals surface area contributed by atoms with Crippen molar-refractivity contribution in [1.29, 1.82) is 0 Å². The molecule has 1 aromatic heterocycles. The number of aromatic nitrogens is 2. The van der Waals surface area contributed by atoms with E-state index in [0.717, 1.165) is 19.4 Å². The molecule has 0 spiro atoms. The van der Waals surface area contributed by atoms with Crippen molar-refractivity contribution in [3.8, 4) is 5.69 Å². The lowest BCUT2D eigenvalue weighted by molar-refractivity contribution is -0.134. The summed E-state index contributed by atoms with van der Waals surface area (Å²) in [6.45, 7) is 0.805. The van der Waals surface area contributed by atoms with Gasteiger partial charge in [0.15, 0.2) is 5.16 Å². The van der Waals surface area contributed by atoms with Gasteiger partial charge in [-0.15, -0.1) is 0 Å². The molecule has 2 atom stereocenters. The number of piperidine rings is 1. The molecule has 2 aliphatic rings. The van der Waals surface area contributed by atoms with E-state index < -0.39 is 5.97 Å². The maximum atomic E-state index is 13.5. The highest BCUT2D eigenvalue weighted by Crippen LogP contribution is 2.35. The molecule has 2 unspecified atom stereocenters. The molecule has 0 N–H and O–H groups in total. The van der Waals surface area contributed by atoms with E-state index in [-0.39, 0.29) is 17.2 Å². The molecule has 1 amide bonds. The highest BCUT2D eigenvalue weighted by atomic mass is 32.2. The number of thioether (sulfide) groups is 1. The van der Waals surface area contributed by atoms with Crippen molar-refractivity contribution in [2.75, 3.05) is 19.4 Å². The molecule has 1 saturated carbocycles. The van der Waals surface area contributed by atoms with E-state index >= 15 is 0 Å². The molecule has 0 radical (unpaired) electrons. The first-order chi connectivity index (χ1) is 17.1. The first-order valence-corrected chi connectivity index (χ1v) is 13.2. The molecule has 3 aromatic rings. The van der Waals surface area contributed by atoms with Crippen LogP contribution in [0.2, 0.25) is 0 Å². The molecule has 2 heterocycles. The van der Waals surface area contributed by atoms with E-state index in [1.54, 1.807) is 22.8 Å². The predicted octanol–water partition coefficient (Wildman–Crippen LogP) is 4.45. The van der Waals surface area contributed by atoms with Crippen molar-refractivity contribution in [3.63, 3.8) is 0 Å². The summed E-state index contributed by atoms with van der Waals surface area (Å²) < 4.78 is 6.38. The Balaban J connectivity index is 1.49. The van der Waals surface area contributed by atoms with Crippen LogP contribution in [0.5, 0.6) is 0 Å². The Bertz CT molecular complexity index is 1310. The van der Waals surface area contributed by atoms with Crippen molar-refractivity contribution >= 4 is 34.5 Å². The minimum Gasteiger partial charge on any atom is -0.465 e. The fourth-order valence-electron chi connectivity index (χ4n) is 5.46. The number of ether oxygens (including phenoxy) is 1. The molecule has 1 saturated heterocycles. The van der Waals surface area contributed by atoms with Crippen LogP contribution in [0.4, 0.5) is 0 Å². The van der Waals surface area contributed by atoms with Crippen LogP contribution in [-0.4, -0.2) is 51.8 Å². The number of hydrogen-bond donors (Lipinski definition) is 0. The van der Waals surface area contributed by atoms with Crippen LogP contribution in [-0.2, 0) is 9.53 Å². The number of carbonyl (C=O) groups is 2. The van der Waals surface area contributed by atoms with Crippen LogP contribution in [0.25, 0.3) is 16.6 Å². The number of nitrogens with zero attached hydrogens (tertiary/aromatic N) is 3. The summed E-state index contributed by atoms with van der Waals surface area (Å²) in [7, 11) is 1.32. The van der Waals surface area contributed by atoms with Gasteiger partial charge in [-0.2, -0.15) is 0 Å². The Morgan fingerprint density at radius 3 is 2.63 bits per heavy atom. The SMILES string of the molecule is COC(=O)c1ccc2c(=O)n(-c3ccccc3)c(SCC(=O)N3CCCC4CCCCC43)nc2c1. The number of esters is 1. The lowest BCUT2D eigenvalue weighted by Crippen LogP contribution is -2.50. The van der Waals surface area contributed by atoms with Crippen molar-refractivity contribution in [1.82, 2.24) is 14.5 Å². The van der Waals surface area contributed by atoms with Crippen molar-refractivity contribution in [2.45, 2.75) is 49.7 Å². The van der Waals surface area contributed by atoms with Crippen molar-refractivity contribution < 1.29 is 14.3 Å². The zero-order valence-electron chi connectivity index (χ0n) is 19.8. The summed E-state index contributed by atoms with van der Waals surface area (Å²) in [6.07, 6.45) is 7.00. The number of carbonyl (C=O) groups excluding carboxylic acids is 2. The normalized spacial score (nSPS) is 19.9. The largest absolute Gasteiger partial charge is 0.465 e. The minimum absolute atomic E-state index is 0.101. The standard InChI is InChI=1S/C27H29N3O4S/c1-34-26(33)19-13-14-21-22(16-19)28-27(30(25(21)32)20-10-3-2-4-11-20)35-17-24(31)29-15-7-9-18-8-5-6-12-23(18)29/h2-4,10-11,13-14,16,18,23H,5-9,12,15,17H2,1H3. The summed E-state index contributed by atoms with van der Waals surface area (Å²) in [6, 6.07) is 14.4. The van der Waals surface area contributed by atoms with Crippen LogP contribution in [0.1, 0.15) is 48.9 Å². The second-order valence-electron chi connectivity index (χ2n) is 9.22. The van der Waals surface area contributed by atoms with E-state index in [0.29, 0.717) is 39.3 Å². The first-order valence-electron chi connectivity index (χ1n) is 12.2. The lowest BCUT2D eigenvalue weighted by atomic mass is 9.78. The lowest BCUT2D eigenvalue weighted by Gasteiger charge is -2.44. The van der Waals surface area contributed by atoms with Gasteiger partial charge in [0, 0.05) is 12.6 Å². The van der Waals surface area contributed by atoms with Crippen LogP contribution in [0.15, 0.2) is 58.5 Å². The molecule has 8 heteroatoms. The average molecular weight is 492 g/mol. The van der Waals surface area contributed by atoms with Gasteiger partial charge in [0.05, 0.1) is 35.0 Å². The van der Waals surface area contributed by atoms with Gasteiger partial charge in [0.2, 0.25) is 5.91 Å². The fraction of sp³-hybridized carbons (Fsp3) is 0.407. The number of hydrogen-bond acceptors (Lipinski definition) is 6. The maximum absolute atomic E-state index is 13.5. The van der Waals surface area contributed by atoms with Gasteiger partial charge in [0.25, 0.3) is 5.56 Å². The fourth-order valence-corrected chi connectivity index (χ4v) is 6.35. The summed E-state index contributed by atoms with van der Waals surface area (Å²) in [5.41, 5.74) is 1.18. The number of methoxy groups -OCH3 is 1. The van der Waals surface area contributed by atoms with Crippen LogP contribution in [0, 0.1) is 5.92 Å². The van der Waals surface area contributed by atoms with Gasteiger partial charge >= 0.3 is 5.97 Å². The second kappa shape index (κ2) is 10.2. The molecule has 5 rings (SSSR count). The Kier molecular flexibility index (Phi) is 6.90. The Hall–Kier alpha value is -3.13. The Morgan fingerprint density at radius 1 is 1.06 bits per heavy atom. The van der Waals surface area contributed by atoms with Crippen molar-refractivity contribution in [2.24, 2.45) is 5.92 Å². The van der Waals surface area contributed by atoms with Gasteiger partial charge in [-0.25, -0.2) is 9.78 Å². The van der Waals surface area contributed by atoms with Crippen molar-refractivity contribution in [3.05, 3.63) is 64.4 Å². The third-order valence-electron chi connectivity index (χ3n) is 7.16. The number of rotatable bonds is 5. The number of likely N-dealkylation sites (tertiary alicyclic amines) is 1. The van der Waals surface area contributed by atoms with E-state index in [9.17, 15) is 14.4 Å². The Morgan fingerprint density at radius 2 is 1.83 bits per heavy atom. The highest BCUT2D eigenvalue weighted by molar-refractivity contribution is 7.99.